The third-order valence-electron chi connectivity index (χ3n) is 3.25. The van der Waals surface area contributed by atoms with E-state index in [-0.39, 0.29) is 5.56 Å². The Balaban J connectivity index is 1.63. The highest BCUT2D eigenvalue weighted by atomic mass is 35.5. The Hall–Kier alpha value is -2.11. The third-order valence-corrected chi connectivity index (χ3v) is 3.68. The standard InChI is InChI=1S/C16H13Cl2N3O2/c17-11-8-12(18)10-13(9-11)23-7-3-6-21-16(22)14-4-1-2-5-15(14)19-20-21/h1-2,4-5,8-10H,3,6-7H2. The summed E-state index contributed by atoms with van der Waals surface area (Å²) in [4.78, 5) is 12.3. The fourth-order valence-corrected chi connectivity index (χ4v) is 2.69. The summed E-state index contributed by atoms with van der Waals surface area (Å²) in [5.74, 6) is 0.597. The molecule has 0 N–H and O–H groups in total. The molecule has 7 heteroatoms. The van der Waals surface area contributed by atoms with E-state index in [9.17, 15) is 4.79 Å². The summed E-state index contributed by atoms with van der Waals surface area (Å²) in [7, 11) is 0. The lowest BCUT2D eigenvalue weighted by molar-refractivity contribution is 0.296. The molecular weight excluding hydrogens is 337 g/mol. The maximum absolute atomic E-state index is 12.3. The Bertz CT molecular complexity index is 876. The molecule has 0 fully saturated rings. The average molecular weight is 350 g/mol. The smallest absolute Gasteiger partial charge is 0.277 e. The van der Waals surface area contributed by atoms with E-state index < -0.39 is 0 Å². The van der Waals surface area contributed by atoms with Crippen molar-refractivity contribution >= 4 is 34.1 Å². The van der Waals surface area contributed by atoms with Crippen molar-refractivity contribution in [2.24, 2.45) is 0 Å². The molecule has 0 bridgehead atoms. The van der Waals surface area contributed by atoms with Crippen LogP contribution in [0.4, 0.5) is 0 Å². The predicted octanol–water partition coefficient (Wildman–Crippen LogP) is 3.57. The van der Waals surface area contributed by atoms with Gasteiger partial charge >= 0.3 is 0 Å². The van der Waals surface area contributed by atoms with Gasteiger partial charge in [0.2, 0.25) is 0 Å². The minimum atomic E-state index is -0.151. The first-order valence-corrected chi connectivity index (χ1v) is 7.80. The fourth-order valence-electron chi connectivity index (χ4n) is 2.19. The van der Waals surface area contributed by atoms with Crippen LogP contribution in [0.3, 0.4) is 0 Å². The van der Waals surface area contributed by atoms with Crippen LogP contribution in [0.5, 0.6) is 5.75 Å². The van der Waals surface area contributed by atoms with Gasteiger partial charge in [-0.05, 0) is 30.3 Å². The van der Waals surface area contributed by atoms with Crippen LogP contribution in [0.2, 0.25) is 10.0 Å². The maximum Gasteiger partial charge on any atom is 0.277 e. The number of benzene rings is 2. The van der Waals surface area contributed by atoms with E-state index in [4.69, 9.17) is 27.9 Å². The molecule has 0 radical (unpaired) electrons. The molecule has 23 heavy (non-hydrogen) atoms. The second-order valence-electron chi connectivity index (χ2n) is 4.94. The van der Waals surface area contributed by atoms with Crippen LogP contribution in [-0.2, 0) is 6.54 Å². The van der Waals surface area contributed by atoms with Gasteiger partial charge in [-0.1, -0.05) is 40.5 Å². The molecular formula is C16H13Cl2N3O2. The van der Waals surface area contributed by atoms with E-state index in [1.807, 2.05) is 12.1 Å². The van der Waals surface area contributed by atoms with Crippen LogP contribution in [0.25, 0.3) is 10.9 Å². The van der Waals surface area contributed by atoms with Gasteiger partial charge in [-0.3, -0.25) is 4.79 Å². The van der Waals surface area contributed by atoms with Crippen molar-refractivity contribution in [3.05, 3.63) is 62.9 Å². The summed E-state index contributed by atoms with van der Waals surface area (Å²) in [5, 5.41) is 9.57. The van der Waals surface area contributed by atoms with E-state index in [0.29, 0.717) is 46.3 Å². The molecule has 0 aliphatic heterocycles. The number of nitrogens with zero attached hydrogens (tertiary/aromatic N) is 3. The summed E-state index contributed by atoms with van der Waals surface area (Å²) >= 11 is 11.8. The van der Waals surface area contributed by atoms with Crippen LogP contribution in [0.15, 0.2) is 47.3 Å². The van der Waals surface area contributed by atoms with Crippen LogP contribution in [0.1, 0.15) is 6.42 Å². The van der Waals surface area contributed by atoms with Crippen LogP contribution in [0, 0.1) is 0 Å². The van der Waals surface area contributed by atoms with Gasteiger partial charge in [0.15, 0.2) is 0 Å². The van der Waals surface area contributed by atoms with Gasteiger partial charge in [0.25, 0.3) is 5.56 Å². The molecule has 0 saturated heterocycles. The van der Waals surface area contributed by atoms with Gasteiger partial charge in [-0.25, -0.2) is 4.68 Å². The molecule has 0 aliphatic rings. The van der Waals surface area contributed by atoms with Crippen molar-refractivity contribution in [2.75, 3.05) is 6.61 Å². The summed E-state index contributed by atoms with van der Waals surface area (Å²) < 4.78 is 6.93. The van der Waals surface area contributed by atoms with Crippen LogP contribution in [-0.4, -0.2) is 21.6 Å². The van der Waals surface area contributed by atoms with Crippen LogP contribution < -0.4 is 10.3 Å². The van der Waals surface area contributed by atoms with E-state index >= 15 is 0 Å². The highest BCUT2D eigenvalue weighted by molar-refractivity contribution is 6.34. The SMILES string of the molecule is O=c1c2ccccc2nnn1CCCOc1cc(Cl)cc(Cl)c1. The van der Waals surface area contributed by atoms with E-state index in [1.165, 1.54) is 4.68 Å². The van der Waals surface area contributed by atoms with E-state index in [0.717, 1.165) is 0 Å². The molecule has 0 spiro atoms. The summed E-state index contributed by atoms with van der Waals surface area (Å²) in [5.41, 5.74) is 0.444. The van der Waals surface area contributed by atoms with Gasteiger partial charge in [0.05, 0.1) is 12.0 Å². The lowest BCUT2D eigenvalue weighted by Gasteiger charge is -2.08. The summed E-state index contributed by atoms with van der Waals surface area (Å²) in [6, 6.07) is 12.2. The van der Waals surface area contributed by atoms with Crippen molar-refractivity contribution in [1.82, 2.24) is 15.0 Å². The normalized spacial score (nSPS) is 10.9. The van der Waals surface area contributed by atoms with E-state index in [1.54, 1.807) is 30.3 Å². The molecule has 5 nitrogen and oxygen atoms in total. The van der Waals surface area contributed by atoms with Gasteiger partial charge in [0, 0.05) is 23.0 Å². The quantitative estimate of drug-likeness (QED) is 0.660. The minimum absolute atomic E-state index is 0.151. The highest BCUT2D eigenvalue weighted by Gasteiger charge is 2.05. The number of fused-ring (bicyclic) bond motifs is 1. The largest absolute Gasteiger partial charge is 0.493 e. The number of rotatable bonds is 5. The fraction of sp³-hybridized carbons (Fsp3) is 0.188. The Labute approximate surface area is 142 Å². The minimum Gasteiger partial charge on any atom is -0.493 e. The first-order valence-electron chi connectivity index (χ1n) is 7.05. The highest BCUT2D eigenvalue weighted by Crippen LogP contribution is 2.24. The Morgan fingerprint density at radius 3 is 2.61 bits per heavy atom. The Morgan fingerprint density at radius 1 is 1.09 bits per heavy atom. The molecule has 0 amide bonds. The molecule has 3 rings (SSSR count). The zero-order valence-electron chi connectivity index (χ0n) is 12.1. The van der Waals surface area contributed by atoms with Crippen molar-refractivity contribution in [3.8, 4) is 5.75 Å². The summed E-state index contributed by atoms with van der Waals surface area (Å²) in [6.07, 6.45) is 0.608. The zero-order valence-corrected chi connectivity index (χ0v) is 13.6. The topological polar surface area (TPSA) is 57.0 Å². The lowest BCUT2D eigenvalue weighted by Crippen LogP contribution is -2.25. The summed E-state index contributed by atoms with van der Waals surface area (Å²) in [6.45, 7) is 0.836. The number of halogens is 2. The molecule has 0 unspecified atom stereocenters. The van der Waals surface area contributed by atoms with Crippen molar-refractivity contribution in [3.63, 3.8) is 0 Å². The van der Waals surface area contributed by atoms with Gasteiger partial charge in [0.1, 0.15) is 11.3 Å². The van der Waals surface area contributed by atoms with Gasteiger partial charge in [-0.2, -0.15) is 0 Å². The first-order chi connectivity index (χ1) is 11.1. The molecule has 0 aliphatic carbocycles. The number of aryl methyl sites for hydroxylation is 1. The lowest BCUT2D eigenvalue weighted by atomic mass is 10.2. The molecule has 3 aromatic rings. The first kappa shape index (κ1) is 15.8. The number of hydrogen-bond donors (Lipinski definition) is 0. The second-order valence-corrected chi connectivity index (χ2v) is 5.81. The monoisotopic (exact) mass is 349 g/mol. The van der Waals surface area contributed by atoms with Crippen molar-refractivity contribution in [1.29, 1.82) is 0 Å². The third kappa shape index (κ3) is 3.81. The van der Waals surface area contributed by atoms with Gasteiger partial charge < -0.3 is 4.74 Å². The maximum atomic E-state index is 12.3. The zero-order chi connectivity index (χ0) is 16.2. The van der Waals surface area contributed by atoms with Crippen molar-refractivity contribution in [2.45, 2.75) is 13.0 Å². The average Bonchev–Trinajstić information content (AvgIpc) is 2.53. The Kier molecular flexibility index (Phi) is 4.79. The number of ether oxygens (including phenoxy) is 1. The molecule has 1 aromatic heterocycles. The predicted molar refractivity (Wildman–Crippen MR) is 90.4 cm³/mol. The van der Waals surface area contributed by atoms with Gasteiger partial charge in [-0.15, -0.1) is 5.10 Å². The van der Waals surface area contributed by atoms with Crippen molar-refractivity contribution < 1.29 is 4.74 Å². The van der Waals surface area contributed by atoms with E-state index in [2.05, 4.69) is 10.3 Å². The second kappa shape index (κ2) is 6.98. The molecule has 118 valence electrons. The number of hydrogen-bond acceptors (Lipinski definition) is 4. The molecule has 1 heterocycles. The van der Waals surface area contributed by atoms with Crippen LogP contribution >= 0.6 is 23.2 Å². The number of aromatic nitrogens is 3. The molecule has 2 aromatic carbocycles. The molecule has 0 saturated carbocycles. The molecule has 0 atom stereocenters. The Morgan fingerprint density at radius 2 is 1.83 bits per heavy atom.